The Labute approximate surface area is 144 Å². The minimum Gasteiger partial charge on any atom is -0.381 e. The summed E-state index contributed by atoms with van der Waals surface area (Å²) in [4.78, 5) is 24.6. The number of aromatic amines is 1. The molecular formula is C18H19N5O2. The van der Waals surface area contributed by atoms with Gasteiger partial charge >= 0.3 is 0 Å². The fourth-order valence-corrected chi connectivity index (χ4v) is 4.13. The van der Waals surface area contributed by atoms with Gasteiger partial charge in [0.05, 0.1) is 5.39 Å². The number of para-hydroxylation sites is 1. The lowest BCUT2D eigenvalue weighted by atomic mass is 9.76. The van der Waals surface area contributed by atoms with Crippen LogP contribution in [0.4, 0.5) is 5.82 Å². The SMILES string of the molecule is O=C1NCC2(CCOCC2)C1Nc1ncnc2[nH]c3ccccc3c12. The number of ether oxygens (including phenoxy) is 1. The van der Waals surface area contributed by atoms with E-state index in [0.29, 0.717) is 25.6 Å². The van der Waals surface area contributed by atoms with Crippen LogP contribution in [0.3, 0.4) is 0 Å². The van der Waals surface area contributed by atoms with Crippen LogP contribution in [0.1, 0.15) is 12.8 Å². The highest BCUT2D eigenvalue weighted by Gasteiger charge is 2.49. The van der Waals surface area contributed by atoms with Gasteiger partial charge in [0, 0.05) is 36.1 Å². The minimum atomic E-state index is -0.303. The molecule has 2 saturated heterocycles. The molecule has 0 radical (unpaired) electrons. The summed E-state index contributed by atoms with van der Waals surface area (Å²) in [5, 5.41) is 8.44. The number of hydrogen-bond acceptors (Lipinski definition) is 5. The Kier molecular flexibility index (Phi) is 3.18. The second-order valence-electron chi connectivity index (χ2n) is 6.89. The Morgan fingerprint density at radius 2 is 2.04 bits per heavy atom. The lowest BCUT2D eigenvalue weighted by Crippen LogP contribution is -2.45. The van der Waals surface area contributed by atoms with Crippen LogP contribution < -0.4 is 10.6 Å². The third kappa shape index (κ3) is 2.19. The van der Waals surface area contributed by atoms with Crippen molar-refractivity contribution < 1.29 is 9.53 Å². The van der Waals surface area contributed by atoms with Crippen molar-refractivity contribution in [3.05, 3.63) is 30.6 Å². The van der Waals surface area contributed by atoms with E-state index in [1.165, 1.54) is 6.33 Å². The zero-order valence-electron chi connectivity index (χ0n) is 13.7. The summed E-state index contributed by atoms with van der Waals surface area (Å²) in [7, 11) is 0. The fourth-order valence-electron chi connectivity index (χ4n) is 4.13. The smallest absolute Gasteiger partial charge is 0.243 e. The van der Waals surface area contributed by atoms with E-state index in [1.54, 1.807) is 0 Å². The van der Waals surface area contributed by atoms with Crippen LogP contribution in [0, 0.1) is 5.41 Å². The average Bonchev–Trinajstić information content (AvgIpc) is 3.16. The Bertz CT molecular complexity index is 960. The lowest BCUT2D eigenvalue weighted by molar-refractivity contribution is -0.121. The third-order valence-electron chi connectivity index (χ3n) is 5.56. The maximum atomic E-state index is 12.5. The average molecular weight is 337 g/mol. The monoisotopic (exact) mass is 337 g/mol. The Hall–Kier alpha value is -2.67. The molecule has 25 heavy (non-hydrogen) atoms. The number of amides is 1. The number of carbonyl (C=O) groups excluding carboxylic acids is 1. The molecule has 1 spiro atoms. The summed E-state index contributed by atoms with van der Waals surface area (Å²) in [6.07, 6.45) is 3.26. The topological polar surface area (TPSA) is 91.9 Å². The minimum absolute atomic E-state index is 0.0357. The predicted octanol–water partition coefficient (Wildman–Crippen LogP) is 1.82. The second kappa shape index (κ2) is 5.42. The van der Waals surface area contributed by atoms with Gasteiger partial charge in [-0.15, -0.1) is 0 Å². The van der Waals surface area contributed by atoms with Gasteiger partial charge in [0.2, 0.25) is 5.91 Å². The molecule has 1 unspecified atom stereocenters. The van der Waals surface area contributed by atoms with E-state index in [4.69, 9.17) is 4.74 Å². The predicted molar refractivity (Wildman–Crippen MR) is 94.3 cm³/mol. The van der Waals surface area contributed by atoms with Crippen molar-refractivity contribution in [2.75, 3.05) is 25.1 Å². The number of nitrogens with one attached hydrogen (secondary N) is 3. The van der Waals surface area contributed by atoms with E-state index in [9.17, 15) is 4.79 Å². The van der Waals surface area contributed by atoms with Gasteiger partial charge < -0.3 is 20.4 Å². The van der Waals surface area contributed by atoms with Crippen LogP contribution in [0.15, 0.2) is 30.6 Å². The van der Waals surface area contributed by atoms with Crippen LogP contribution >= 0.6 is 0 Å². The quantitative estimate of drug-likeness (QED) is 0.663. The fraction of sp³-hybridized carbons (Fsp3) is 0.389. The molecule has 7 heteroatoms. The van der Waals surface area contributed by atoms with Gasteiger partial charge in [0.1, 0.15) is 23.8 Å². The van der Waals surface area contributed by atoms with Crippen molar-refractivity contribution in [3.63, 3.8) is 0 Å². The van der Waals surface area contributed by atoms with Crippen molar-refractivity contribution in [1.29, 1.82) is 0 Å². The van der Waals surface area contributed by atoms with Crippen molar-refractivity contribution in [1.82, 2.24) is 20.3 Å². The first-order valence-electron chi connectivity index (χ1n) is 8.60. The zero-order valence-corrected chi connectivity index (χ0v) is 13.7. The van der Waals surface area contributed by atoms with Gasteiger partial charge in [0.15, 0.2) is 0 Å². The molecule has 128 valence electrons. The standard InChI is InChI=1S/C18H19N5O2/c24-17-14(18(9-19-17)5-7-25-8-6-18)23-16-13-11-3-1-2-4-12(11)22-15(13)20-10-21-16/h1-4,10,14H,5-9H2,(H,19,24)(H2,20,21,22,23). The molecule has 0 aliphatic carbocycles. The van der Waals surface area contributed by atoms with Gasteiger partial charge in [-0.3, -0.25) is 4.79 Å². The van der Waals surface area contributed by atoms with Crippen LogP contribution in [-0.4, -0.2) is 46.7 Å². The van der Waals surface area contributed by atoms with Crippen LogP contribution in [0.5, 0.6) is 0 Å². The Morgan fingerprint density at radius 1 is 1.20 bits per heavy atom. The van der Waals surface area contributed by atoms with Crippen LogP contribution in [0.2, 0.25) is 0 Å². The zero-order chi connectivity index (χ0) is 16.9. The summed E-state index contributed by atoms with van der Waals surface area (Å²) >= 11 is 0. The second-order valence-corrected chi connectivity index (χ2v) is 6.89. The molecule has 7 nitrogen and oxygen atoms in total. The van der Waals surface area contributed by atoms with Crippen molar-refractivity contribution in [2.45, 2.75) is 18.9 Å². The van der Waals surface area contributed by atoms with Gasteiger partial charge in [-0.05, 0) is 18.9 Å². The molecule has 4 heterocycles. The highest BCUT2D eigenvalue weighted by atomic mass is 16.5. The molecule has 2 aliphatic heterocycles. The van der Waals surface area contributed by atoms with E-state index in [1.807, 2.05) is 24.3 Å². The normalized spacial score (nSPS) is 22.6. The number of aromatic nitrogens is 3. The molecule has 5 rings (SSSR count). The molecule has 1 amide bonds. The van der Waals surface area contributed by atoms with Gasteiger partial charge in [-0.2, -0.15) is 0 Å². The van der Waals surface area contributed by atoms with E-state index in [0.717, 1.165) is 34.8 Å². The summed E-state index contributed by atoms with van der Waals surface area (Å²) in [6.45, 7) is 2.08. The molecular weight excluding hydrogens is 318 g/mol. The number of carbonyl (C=O) groups is 1. The largest absolute Gasteiger partial charge is 0.381 e. The molecule has 0 saturated carbocycles. The first-order chi connectivity index (χ1) is 12.3. The lowest BCUT2D eigenvalue weighted by Gasteiger charge is -2.36. The number of nitrogens with zero attached hydrogens (tertiary/aromatic N) is 2. The van der Waals surface area contributed by atoms with Crippen LogP contribution in [0.25, 0.3) is 21.9 Å². The number of fused-ring (bicyclic) bond motifs is 3. The molecule has 3 N–H and O–H groups in total. The molecule has 1 atom stereocenters. The van der Waals surface area contributed by atoms with E-state index >= 15 is 0 Å². The Morgan fingerprint density at radius 3 is 2.92 bits per heavy atom. The molecule has 2 fully saturated rings. The number of benzene rings is 1. The van der Waals surface area contributed by atoms with Gasteiger partial charge in [0.25, 0.3) is 0 Å². The van der Waals surface area contributed by atoms with Crippen molar-refractivity contribution >= 4 is 33.7 Å². The molecule has 0 bridgehead atoms. The molecule has 2 aliphatic rings. The highest BCUT2D eigenvalue weighted by Crippen LogP contribution is 2.39. The third-order valence-corrected chi connectivity index (χ3v) is 5.56. The highest BCUT2D eigenvalue weighted by molar-refractivity contribution is 6.11. The van der Waals surface area contributed by atoms with Gasteiger partial charge in [-0.1, -0.05) is 18.2 Å². The summed E-state index contributed by atoms with van der Waals surface area (Å²) in [6, 6.07) is 7.74. The van der Waals surface area contributed by atoms with Gasteiger partial charge in [-0.25, -0.2) is 9.97 Å². The first kappa shape index (κ1) is 14.7. The molecule has 3 aromatic rings. The Balaban J connectivity index is 1.60. The number of anilines is 1. The van der Waals surface area contributed by atoms with Crippen molar-refractivity contribution in [2.24, 2.45) is 5.41 Å². The number of rotatable bonds is 2. The van der Waals surface area contributed by atoms with E-state index in [2.05, 4.69) is 25.6 Å². The molecule has 2 aromatic heterocycles. The molecule has 1 aromatic carbocycles. The summed E-state index contributed by atoms with van der Waals surface area (Å²) in [5.41, 5.74) is 1.68. The van der Waals surface area contributed by atoms with E-state index in [-0.39, 0.29) is 17.4 Å². The first-order valence-corrected chi connectivity index (χ1v) is 8.60. The maximum Gasteiger partial charge on any atom is 0.243 e. The number of H-pyrrole nitrogens is 1. The number of hydrogen-bond donors (Lipinski definition) is 3. The van der Waals surface area contributed by atoms with Crippen LogP contribution in [-0.2, 0) is 9.53 Å². The summed E-state index contributed by atoms with van der Waals surface area (Å²) < 4.78 is 5.51. The summed E-state index contributed by atoms with van der Waals surface area (Å²) in [5.74, 6) is 0.740. The van der Waals surface area contributed by atoms with E-state index < -0.39 is 0 Å². The maximum absolute atomic E-state index is 12.5. The van der Waals surface area contributed by atoms with Crippen molar-refractivity contribution in [3.8, 4) is 0 Å².